The molecule has 34 heavy (non-hydrogen) atoms. The van der Waals surface area contributed by atoms with Crippen molar-refractivity contribution in [2.24, 2.45) is 0 Å². The second-order valence-electron chi connectivity index (χ2n) is 7.29. The van der Waals surface area contributed by atoms with Crippen LogP contribution < -0.4 is 19.1 Å². The van der Waals surface area contributed by atoms with Gasteiger partial charge in [-0.1, -0.05) is 12.1 Å². The number of nitrogens with one attached hydrogen (secondary N) is 2. The van der Waals surface area contributed by atoms with Gasteiger partial charge >= 0.3 is 0 Å². The lowest BCUT2D eigenvalue weighted by atomic mass is 10.1. The van der Waals surface area contributed by atoms with E-state index in [1.165, 1.54) is 43.4 Å². The van der Waals surface area contributed by atoms with E-state index in [9.17, 15) is 21.6 Å². The maximum absolute atomic E-state index is 12.8. The molecule has 1 amide bonds. The number of nitrogens with zero attached hydrogens (tertiary/aromatic N) is 1. The van der Waals surface area contributed by atoms with Gasteiger partial charge in [0.15, 0.2) is 0 Å². The lowest BCUT2D eigenvalue weighted by Gasteiger charge is -2.19. The Balaban J connectivity index is 1.74. The van der Waals surface area contributed by atoms with Crippen molar-refractivity contribution in [1.29, 1.82) is 0 Å². The predicted octanol–water partition coefficient (Wildman–Crippen LogP) is 3.53. The Hall–Kier alpha value is -3.57. The Kier molecular flexibility index (Phi) is 7.48. The summed E-state index contributed by atoms with van der Waals surface area (Å²) < 4.78 is 58.0. The third kappa shape index (κ3) is 6.06. The molecule has 0 aromatic heterocycles. The second kappa shape index (κ2) is 10.1. The van der Waals surface area contributed by atoms with Crippen LogP contribution in [0.25, 0.3) is 0 Å². The largest absolute Gasteiger partial charge is 0.494 e. The van der Waals surface area contributed by atoms with E-state index < -0.39 is 26.0 Å². The maximum Gasteiger partial charge on any atom is 0.261 e. The Bertz CT molecular complexity index is 1370. The van der Waals surface area contributed by atoms with Crippen LogP contribution in [0.15, 0.2) is 77.7 Å². The van der Waals surface area contributed by atoms with Crippen molar-refractivity contribution in [3.63, 3.8) is 0 Å². The molecular weight excluding hydrogens is 478 g/mol. The van der Waals surface area contributed by atoms with Crippen LogP contribution in [-0.4, -0.2) is 42.7 Å². The molecule has 0 heterocycles. The summed E-state index contributed by atoms with van der Waals surface area (Å²) >= 11 is 0. The van der Waals surface area contributed by atoms with Crippen molar-refractivity contribution in [3.05, 3.63) is 78.4 Å². The van der Waals surface area contributed by atoms with Crippen molar-refractivity contribution < 1.29 is 26.4 Å². The van der Waals surface area contributed by atoms with Gasteiger partial charge in [0.05, 0.1) is 29.0 Å². The first-order valence-electron chi connectivity index (χ1n) is 10.2. The zero-order valence-electron chi connectivity index (χ0n) is 18.8. The summed E-state index contributed by atoms with van der Waals surface area (Å²) in [5.74, 6) is 0.101. The SMILES string of the molecule is CCOc1ccc(NS(=O)(=O)c2ccc(NC(=O)c3ccccc3N(C)S(C)(=O)=O)cc2)cc1. The van der Waals surface area contributed by atoms with Gasteiger partial charge in [-0.3, -0.25) is 13.8 Å². The number of carbonyl (C=O) groups is 1. The average molecular weight is 504 g/mol. The molecule has 0 aliphatic rings. The molecule has 3 rings (SSSR count). The van der Waals surface area contributed by atoms with Crippen molar-refractivity contribution in [1.82, 2.24) is 0 Å². The van der Waals surface area contributed by atoms with Crippen molar-refractivity contribution in [3.8, 4) is 5.75 Å². The van der Waals surface area contributed by atoms with Gasteiger partial charge in [0.1, 0.15) is 5.75 Å². The molecule has 0 bridgehead atoms. The summed E-state index contributed by atoms with van der Waals surface area (Å²) in [6.45, 7) is 2.36. The highest BCUT2D eigenvalue weighted by Crippen LogP contribution is 2.24. The van der Waals surface area contributed by atoms with E-state index in [1.807, 2.05) is 6.92 Å². The molecule has 0 saturated carbocycles. The number of rotatable bonds is 9. The standard InChI is InChI=1S/C23H25N3O6S2/c1-4-32-19-13-9-18(10-14-19)25-34(30,31)20-15-11-17(12-16-20)24-23(27)21-7-5-6-8-22(21)26(2)33(3,28)29/h5-16,25H,4H2,1-3H3,(H,24,27). The predicted molar refractivity (Wildman–Crippen MR) is 133 cm³/mol. The number of para-hydroxylation sites is 1. The van der Waals surface area contributed by atoms with Crippen LogP contribution in [-0.2, 0) is 20.0 Å². The second-order valence-corrected chi connectivity index (χ2v) is 11.0. The maximum atomic E-state index is 12.8. The van der Waals surface area contributed by atoms with Gasteiger partial charge in [-0.15, -0.1) is 0 Å². The lowest BCUT2D eigenvalue weighted by Crippen LogP contribution is -2.27. The van der Waals surface area contributed by atoms with Crippen LogP contribution in [0.2, 0.25) is 0 Å². The van der Waals surface area contributed by atoms with Gasteiger partial charge in [-0.25, -0.2) is 16.8 Å². The van der Waals surface area contributed by atoms with E-state index in [4.69, 9.17) is 4.74 Å². The van der Waals surface area contributed by atoms with Gasteiger partial charge in [0.25, 0.3) is 15.9 Å². The third-order valence-electron chi connectivity index (χ3n) is 4.83. The smallest absolute Gasteiger partial charge is 0.261 e. The van der Waals surface area contributed by atoms with Crippen LogP contribution in [0.1, 0.15) is 17.3 Å². The van der Waals surface area contributed by atoms with Crippen molar-refractivity contribution in [2.75, 3.05) is 34.3 Å². The number of ether oxygens (including phenoxy) is 1. The quantitative estimate of drug-likeness (QED) is 0.461. The summed E-state index contributed by atoms with van der Waals surface area (Å²) in [5, 5.41) is 2.66. The minimum atomic E-state index is -3.85. The van der Waals surface area contributed by atoms with E-state index in [0.29, 0.717) is 23.7 Å². The Morgan fingerprint density at radius 1 is 0.882 bits per heavy atom. The number of amides is 1. The normalized spacial score (nSPS) is 11.5. The van der Waals surface area contributed by atoms with Crippen molar-refractivity contribution >= 4 is 43.0 Å². The fourth-order valence-electron chi connectivity index (χ4n) is 3.03. The molecular formula is C23H25N3O6S2. The minimum Gasteiger partial charge on any atom is -0.494 e. The summed E-state index contributed by atoms with van der Waals surface area (Å²) in [5.41, 5.74) is 1.11. The van der Waals surface area contributed by atoms with Crippen LogP contribution in [0.3, 0.4) is 0 Å². The highest BCUT2D eigenvalue weighted by molar-refractivity contribution is 7.92. The Morgan fingerprint density at radius 3 is 2.06 bits per heavy atom. The molecule has 0 aliphatic heterocycles. The molecule has 0 unspecified atom stereocenters. The number of hydrogen-bond acceptors (Lipinski definition) is 6. The van der Waals surface area contributed by atoms with Crippen LogP contribution in [0.4, 0.5) is 17.1 Å². The van der Waals surface area contributed by atoms with Crippen LogP contribution in [0, 0.1) is 0 Å². The summed E-state index contributed by atoms with van der Waals surface area (Å²) in [7, 11) is -6.05. The van der Waals surface area contributed by atoms with Crippen LogP contribution >= 0.6 is 0 Å². The van der Waals surface area contributed by atoms with Gasteiger partial charge in [0, 0.05) is 18.4 Å². The van der Waals surface area contributed by atoms with Crippen molar-refractivity contribution in [2.45, 2.75) is 11.8 Å². The molecule has 9 nitrogen and oxygen atoms in total. The highest BCUT2D eigenvalue weighted by Gasteiger charge is 2.20. The summed E-state index contributed by atoms with van der Waals surface area (Å²) in [6, 6.07) is 18.4. The summed E-state index contributed by atoms with van der Waals surface area (Å²) in [4.78, 5) is 12.8. The zero-order chi connectivity index (χ0) is 24.9. The van der Waals surface area contributed by atoms with E-state index in [1.54, 1.807) is 36.4 Å². The molecule has 3 aromatic rings. The molecule has 11 heteroatoms. The number of anilines is 3. The Labute approximate surface area is 199 Å². The molecule has 3 aromatic carbocycles. The molecule has 180 valence electrons. The molecule has 2 N–H and O–H groups in total. The fraction of sp³-hybridized carbons (Fsp3) is 0.174. The number of carbonyl (C=O) groups excluding carboxylic acids is 1. The molecule has 0 radical (unpaired) electrons. The molecule has 0 saturated heterocycles. The molecule has 0 spiro atoms. The first kappa shape index (κ1) is 25.1. The van der Waals surface area contributed by atoms with Gasteiger partial charge in [0.2, 0.25) is 10.0 Å². The lowest BCUT2D eigenvalue weighted by molar-refractivity contribution is 0.102. The average Bonchev–Trinajstić information content (AvgIpc) is 2.79. The summed E-state index contributed by atoms with van der Waals surface area (Å²) in [6.07, 6.45) is 1.04. The van der Waals surface area contributed by atoms with E-state index >= 15 is 0 Å². The minimum absolute atomic E-state index is 0.0107. The van der Waals surface area contributed by atoms with Gasteiger partial charge < -0.3 is 10.1 Å². The van der Waals surface area contributed by atoms with Gasteiger partial charge in [-0.05, 0) is 67.6 Å². The third-order valence-corrected chi connectivity index (χ3v) is 7.41. The first-order valence-corrected chi connectivity index (χ1v) is 13.5. The topological polar surface area (TPSA) is 122 Å². The van der Waals surface area contributed by atoms with Crippen LogP contribution in [0.5, 0.6) is 5.75 Å². The van der Waals surface area contributed by atoms with Gasteiger partial charge in [-0.2, -0.15) is 0 Å². The van der Waals surface area contributed by atoms with E-state index in [2.05, 4.69) is 10.0 Å². The molecule has 0 aliphatic carbocycles. The van der Waals surface area contributed by atoms with E-state index in [-0.39, 0.29) is 16.1 Å². The monoisotopic (exact) mass is 503 g/mol. The first-order chi connectivity index (χ1) is 16.0. The van der Waals surface area contributed by atoms with E-state index in [0.717, 1.165) is 10.6 Å². The highest BCUT2D eigenvalue weighted by atomic mass is 32.2. The molecule has 0 atom stereocenters. The molecule has 0 fully saturated rings. The number of hydrogen-bond donors (Lipinski definition) is 2. The number of sulfonamides is 2. The Morgan fingerprint density at radius 2 is 1.47 bits per heavy atom. The number of benzene rings is 3. The zero-order valence-corrected chi connectivity index (χ0v) is 20.5. The fourth-order valence-corrected chi connectivity index (χ4v) is 4.61.